The molecule has 4 nitrogen and oxygen atoms in total. The van der Waals surface area contributed by atoms with Gasteiger partial charge in [-0.1, -0.05) is 13.3 Å². The van der Waals surface area contributed by atoms with Gasteiger partial charge in [0.2, 0.25) is 5.91 Å². The highest BCUT2D eigenvalue weighted by Crippen LogP contribution is 2.21. The fourth-order valence-corrected chi connectivity index (χ4v) is 3.23. The zero-order valence-corrected chi connectivity index (χ0v) is 11.6. The largest absolute Gasteiger partial charge is 0.340 e. The number of likely N-dealkylation sites (tertiary alicyclic amines) is 2. The van der Waals surface area contributed by atoms with E-state index in [1.54, 1.807) is 0 Å². The molecule has 2 heterocycles. The Bertz CT molecular complexity index is 276. The predicted molar refractivity (Wildman–Crippen MR) is 73.3 cm³/mol. The average molecular weight is 253 g/mol. The van der Waals surface area contributed by atoms with Crippen LogP contribution in [0.4, 0.5) is 0 Å². The highest BCUT2D eigenvalue weighted by Gasteiger charge is 2.30. The number of nitrogens with two attached hydrogens (primary N) is 1. The van der Waals surface area contributed by atoms with Gasteiger partial charge < -0.3 is 10.6 Å². The van der Waals surface area contributed by atoms with Gasteiger partial charge in [0.25, 0.3) is 0 Å². The molecule has 18 heavy (non-hydrogen) atoms. The number of amides is 1. The van der Waals surface area contributed by atoms with Gasteiger partial charge in [-0.15, -0.1) is 0 Å². The Balaban J connectivity index is 1.87. The van der Waals surface area contributed by atoms with Crippen LogP contribution in [0.2, 0.25) is 0 Å². The molecule has 2 rings (SSSR count). The molecule has 0 aromatic rings. The van der Waals surface area contributed by atoms with E-state index in [2.05, 4.69) is 11.8 Å². The molecule has 2 saturated heterocycles. The molecule has 2 N–H and O–H groups in total. The Morgan fingerprint density at radius 2 is 2.00 bits per heavy atom. The van der Waals surface area contributed by atoms with E-state index in [0.29, 0.717) is 6.04 Å². The van der Waals surface area contributed by atoms with Gasteiger partial charge in [-0.05, 0) is 45.2 Å². The van der Waals surface area contributed by atoms with Gasteiger partial charge in [-0.2, -0.15) is 0 Å². The van der Waals surface area contributed by atoms with Crippen LogP contribution in [0.1, 0.15) is 45.4 Å². The number of nitrogens with zero attached hydrogens (tertiary/aromatic N) is 2. The van der Waals surface area contributed by atoms with Crippen molar-refractivity contribution in [3.8, 4) is 0 Å². The summed E-state index contributed by atoms with van der Waals surface area (Å²) in [6.45, 7) is 6.31. The first kappa shape index (κ1) is 13.8. The van der Waals surface area contributed by atoms with Gasteiger partial charge in [0.1, 0.15) is 0 Å². The number of hydrogen-bond acceptors (Lipinski definition) is 3. The van der Waals surface area contributed by atoms with E-state index in [0.717, 1.165) is 32.4 Å². The molecule has 4 heteroatoms. The third kappa shape index (κ3) is 3.23. The number of piperidine rings is 1. The second kappa shape index (κ2) is 6.53. The van der Waals surface area contributed by atoms with E-state index < -0.39 is 0 Å². The molecule has 2 unspecified atom stereocenters. The highest BCUT2D eigenvalue weighted by molar-refractivity contribution is 5.81. The maximum absolute atomic E-state index is 12.2. The van der Waals surface area contributed by atoms with Crippen LogP contribution in [0.5, 0.6) is 0 Å². The molecule has 2 fully saturated rings. The lowest BCUT2D eigenvalue weighted by Crippen LogP contribution is -2.53. The molecule has 0 aromatic heterocycles. The lowest BCUT2D eigenvalue weighted by Gasteiger charge is -2.38. The summed E-state index contributed by atoms with van der Waals surface area (Å²) in [5, 5.41) is 0. The fourth-order valence-electron chi connectivity index (χ4n) is 3.23. The van der Waals surface area contributed by atoms with Gasteiger partial charge in [0.15, 0.2) is 0 Å². The molecule has 0 bridgehead atoms. The quantitative estimate of drug-likeness (QED) is 0.819. The molecule has 2 aliphatic rings. The summed E-state index contributed by atoms with van der Waals surface area (Å²) in [5.41, 5.74) is 5.95. The summed E-state index contributed by atoms with van der Waals surface area (Å²) in [6.07, 6.45) is 6.80. The first-order valence-electron chi connectivity index (χ1n) is 7.50. The smallest absolute Gasteiger partial charge is 0.239 e. The van der Waals surface area contributed by atoms with E-state index in [1.165, 1.54) is 32.4 Å². The van der Waals surface area contributed by atoms with Crippen molar-refractivity contribution >= 4 is 5.91 Å². The minimum atomic E-state index is -0.285. The van der Waals surface area contributed by atoms with Gasteiger partial charge in [0.05, 0.1) is 6.04 Å². The van der Waals surface area contributed by atoms with Gasteiger partial charge in [-0.25, -0.2) is 0 Å². The van der Waals surface area contributed by atoms with Gasteiger partial charge in [0, 0.05) is 19.1 Å². The maximum Gasteiger partial charge on any atom is 0.239 e. The number of carbonyl (C=O) groups excluding carboxylic acids is 1. The number of carbonyl (C=O) groups is 1. The summed E-state index contributed by atoms with van der Waals surface area (Å²) < 4.78 is 0. The Morgan fingerprint density at radius 3 is 2.67 bits per heavy atom. The second-order valence-corrected chi connectivity index (χ2v) is 5.72. The zero-order valence-electron chi connectivity index (χ0n) is 11.6. The molecule has 0 saturated carbocycles. The molecule has 2 atom stereocenters. The maximum atomic E-state index is 12.2. The van der Waals surface area contributed by atoms with Gasteiger partial charge >= 0.3 is 0 Å². The molecule has 0 aromatic carbocycles. The van der Waals surface area contributed by atoms with Crippen molar-refractivity contribution in [2.24, 2.45) is 5.73 Å². The molecule has 2 aliphatic heterocycles. The molecular weight excluding hydrogens is 226 g/mol. The summed E-state index contributed by atoms with van der Waals surface area (Å²) >= 11 is 0. The van der Waals surface area contributed by atoms with Crippen LogP contribution in [-0.2, 0) is 4.79 Å². The molecular formula is C14H27N3O. The Morgan fingerprint density at radius 1 is 1.28 bits per heavy atom. The zero-order chi connectivity index (χ0) is 13.0. The van der Waals surface area contributed by atoms with Crippen molar-refractivity contribution in [3.63, 3.8) is 0 Å². The van der Waals surface area contributed by atoms with E-state index in [-0.39, 0.29) is 11.9 Å². The SMILES string of the molecule is CCCC(N)C(=O)N1CCCC(N2CCCC2)C1. The van der Waals surface area contributed by atoms with E-state index in [4.69, 9.17) is 5.73 Å². The fraction of sp³-hybridized carbons (Fsp3) is 0.929. The molecule has 104 valence electrons. The molecule has 0 spiro atoms. The van der Waals surface area contributed by atoms with Crippen molar-refractivity contribution in [1.29, 1.82) is 0 Å². The van der Waals surface area contributed by atoms with Crippen molar-refractivity contribution in [2.75, 3.05) is 26.2 Å². The first-order chi connectivity index (χ1) is 8.72. The number of rotatable bonds is 4. The molecule has 1 amide bonds. The third-order valence-corrected chi connectivity index (χ3v) is 4.28. The van der Waals surface area contributed by atoms with Gasteiger partial charge in [-0.3, -0.25) is 9.69 Å². The summed E-state index contributed by atoms with van der Waals surface area (Å²) in [5.74, 6) is 0.167. The summed E-state index contributed by atoms with van der Waals surface area (Å²) in [7, 11) is 0. The topological polar surface area (TPSA) is 49.6 Å². The van der Waals surface area contributed by atoms with Crippen LogP contribution < -0.4 is 5.73 Å². The Labute approximate surface area is 110 Å². The molecule has 0 radical (unpaired) electrons. The van der Waals surface area contributed by atoms with Crippen LogP contribution in [0.15, 0.2) is 0 Å². The minimum absolute atomic E-state index is 0.167. The van der Waals surface area contributed by atoms with Crippen molar-refractivity contribution in [3.05, 3.63) is 0 Å². The third-order valence-electron chi connectivity index (χ3n) is 4.28. The van der Waals surface area contributed by atoms with Crippen LogP contribution >= 0.6 is 0 Å². The van der Waals surface area contributed by atoms with Crippen LogP contribution in [0.25, 0.3) is 0 Å². The Hall–Kier alpha value is -0.610. The second-order valence-electron chi connectivity index (χ2n) is 5.72. The van der Waals surface area contributed by atoms with Crippen molar-refractivity contribution in [2.45, 2.75) is 57.5 Å². The lowest BCUT2D eigenvalue weighted by molar-refractivity contribution is -0.134. The standard InChI is InChI=1S/C14H27N3O/c1-2-6-13(15)14(18)17-10-5-7-12(11-17)16-8-3-4-9-16/h12-13H,2-11,15H2,1H3. The van der Waals surface area contributed by atoms with Crippen molar-refractivity contribution < 1.29 is 4.79 Å². The molecule has 0 aliphatic carbocycles. The van der Waals surface area contributed by atoms with E-state index >= 15 is 0 Å². The predicted octanol–water partition coefficient (Wildman–Crippen LogP) is 1.20. The van der Waals surface area contributed by atoms with Crippen molar-refractivity contribution in [1.82, 2.24) is 9.80 Å². The van der Waals surface area contributed by atoms with E-state index in [1.807, 2.05) is 4.90 Å². The summed E-state index contributed by atoms with van der Waals surface area (Å²) in [4.78, 5) is 16.8. The van der Waals surface area contributed by atoms with Crippen LogP contribution in [0, 0.1) is 0 Å². The van der Waals surface area contributed by atoms with Crippen LogP contribution in [-0.4, -0.2) is 54.0 Å². The average Bonchev–Trinajstić information content (AvgIpc) is 2.92. The summed E-state index contributed by atoms with van der Waals surface area (Å²) in [6, 6.07) is 0.298. The lowest BCUT2D eigenvalue weighted by atomic mass is 10.0. The first-order valence-corrected chi connectivity index (χ1v) is 7.50. The van der Waals surface area contributed by atoms with Crippen LogP contribution in [0.3, 0.4) is 0 Å². The minimum Gasteiger partial charge on any atom is -0.340 e. The number of hydrogen-bond donors (Lipinski definition) is 1. The Kier molecular flexibility index (Phi) is 5.01. The van der Waals surface area contributed by atoms with E-state index in [9.17, 15) is 4.79 Å². The monoisotopic (exact) mass is 253 g/mol. The normalized spacial score (nSPS) is 27.4. The highest BCUT2D eigenvalue weighted by atomic mass is 16.2.